The van der Waals surface area contributed by atoms with Crippen LogP contribution in [0.4, 0.5) is 4.79 Å². The average molecular weight is 348 g/mol. The van der Waals surface area contributed by atoms with Crippen LogP contribution in [0.5, 0.6) is 5.75 Å². The van der Waals surface area contributed by atoms with Crippen molar-refractivity contribution in [1.82, 2.24) is 9.88 Å². The Bertz CT molecular complexity index is 789. The number of nitrogens with zero attached hydrogens (tertiary/aromatic N) is 1. The molecule has 2 N–H and O–H groups in total. The molecule has 1 aromatic carbocycles. The third-order valence-corrected chi connectivity index (χ3v) is 3.69. The minimum atomic E-state index is -1.12. The summed E-state index contributed by atoms with van der Waals surface area (Å²) in [6, 6.07) is 4.53. The number of benzene rings is 1. The third-order valence-electron chi connectivity index (χ3n) is 3.69. The molecule has 25 heavy (non-hydrogen) atoms. The molecule has 2 aromatic rings. The number of nitrogens with one attached hydrogen (secondary N) is 1. The summed E-state index contributed by atoms with van der Waals surface area (Å²) in [4.78, 5) is 23.5. The van der Waals surface area contributed by atoms with Crippen molar-refractivity contribution >= 4 is 23.0 Å². The van der Waals surface area contributed by atoms with Gasteiger partial charge >= 0.3 is 12.1 Å². The van der Waals surface area contributed by atoms with Crippen molar-refractivity contribution in [3.63, 3.8) is 0 Å². The van der Waals surface area contributed by atoms with Gasteiger partial charge in [-0.25, -0.2) is 9.59 Å². The highest BCUT2D eigenvalue weighted by Crippen LogP contribution is 2.26. The number of carbonyl (C=O) groups is 2. The lowest BCUT2D eigenvalue weighted by molar-refractivity contribution is -0.139. The summed E-state index contributed by atoms with van der Waals surface area (Å²) in [5.74, 6) is -0.433. The number of methoxy groups -OCH3 is 1. The maximum Gasteiger partial charge on any atom is 0.408 e. The standard InChI is InChI=1S/C18H24N2O5/c1-18(2,3)25-17(23)19-14(16(21)22)8-11-10-20(4)15-7-6-12(24-5)9-13(11)15/h6-7,9-10,14H,8H2,1-5H3,(H,19,23)(H,21,22). The van der Waals surface area contributed by atoms with Gasteiger partial charge in [-0.1, -0.05) is 0 Å². The molecule has 0 saturated heterocycles. The topological polar surface area (TPSA) is 89.8 Å². The van der Waals surface area contributed by atoms with E-state index >= 15 is 0 Å². The molecule has 0 radical (unpaired) electrons. The van der Waals surface area contributed by atoms with Gasteiger partial charge in [0.05, 0.1) is 7.11 Å². The van der Waals surface area contributed by atoms with Crippen LogP contribution in [0.2, 0.25) is 0 Å². The fraction of sp³-hybridized carbons (Fsp3) is 0.444. The highest BCUT2D eigenvalue weighted by Gasteiger charge is 2.25. The lowest BCUT2D eigenvalue weighted by Crippen LogP contribution is -2.44. The molecule has 0 aliphatic rings. The van der Waals surface area contributed by atoms with E-state index < -0.39 is 23.7 Å². The number of rotatable bonds is 5. The van der Waals surface area contributed by atoms with Crippen molar-refractivity contribution in [3.8, 4) is 5.75 Å². The molecule has 0 fully saturated rings. The summed E-state index contributed by atoms with van der Waals surface area (Å²) in [5.41, 5.74) is 1.07. The van der Waals surface area contributed by atoms with Gasteiger partial charge in [0.25, 0.3) is 0 Å². The van der Waals surface area contributed by atoms with Crippen LogP contribution in [0.1, 0.15) is 26.3 Å². The van der Waals surface area contributed by atoms with Crippen molar-refractivity contribution in [3.05, 3.63) is 30.0 Å². The number of ether oxygens (including phenoxy) is 2. The van der Waals surface area contributed by atoms with E-state index in [9.17, 15) is 14.7 Å². The van der Waals surface area contributed by atoms with Gasteiger partial charge in [-0.2, -0.15) is 0 Å². The zero-order valence-electron chi connectivity index (χ0n) is 15.1. The van der Waals surface area contributed by atoms with E-state index in [2.05, 4.69) is 5.32 Å². The van der Waals surface area contributed by atoms with Gasteiger partial charge in [0.15, 0.2) is 0 Å². The number of alkyl carbamates (subject to hydrolysis) is 1. The van der Waals surface area contributed by atoms with E-state index in [1.54, 1.807) is 27.9 Å². The lowest BCUT2D eigenvalue weighted by atomic mass is 10.0. The van der Waals surface area contributed by atoms with Crippen molar-refractivity contribution in [2.75, 3.05) is 7.11 Å². The molecule has 0 saturated carbocycles. The molecule has 1 aromatic heterocycles. The number of aromatic nitrogens is 1. The summed E-state index contributed by atoms with van der Waals surface area (Å²) in [7, 11) is 3.46. The first-order valence-electron chi connectivity index (χ1n) is 7.95. The average Bonchev–Trinajstić information content (AvgIpc) is 2.80. The summed E-state index contributed by atoms with van der Waals surface area (Å²) in [6.07, 6.45) is 1.24. The quantitative estimate of drug-likeness (QED) is 0.867. The molecule has 0 aliphatic carbocycles. The SMILES string of the molecule is COc1ccc2c(c1)c(CC(NC(=O)OC(C)(C)C)C(=O)O)cn2C. The Balaban J connectivity index is 2.26. The van der Waals surface area contributed by atoms with Crippen LogP contribution in [-0.4, -0.2) is 40.5 Å². The Hall–Kier alpha value is -2.70. The maximum atomic E-state index is 11.9. The Kier molecular flexibility index (Phi) is 5.25. The molecular formula is C18H24N2O5. The van der Waals surface area contributed by atoms with Crippen molar-refractivity contribution in [2.45, 2.75) is 38.8 Å². The second-order valence-corrected chi connectivity index (χ2v) is 6.89. The first-order valence-corrected chi connectivity index (χ1v) is 7.95. The highest BCUT2D eigenvalue weighted by atomic mass is 16.6. The Morgan fingerprint density at radius 1 is 1.32 bits per heavy atom. The minimum Gasteiger partial charge on any atom is -0.497 e. The highest BCUT2D eigenvalue weighted by molar-refractivity contribution is 5.87. The lowest BCUT2D eigenvalue weighted by Gasteiger charge is -2.22. The van der Waals surface area contributed by atoms with Gasteiger partial charge in [-0.05, 0) is 44.5 Å². The summed E-state index contributed by atoms with van der Waals surface area (Å²) in [6.45, 7) is 5.16. The van der Waals surface area contributed by atoms with Crippen LogP contribution >= 0.6 is 0 Å². The Morgan fingerprint density at radius 2 is 2.00 bits per heavy atom. The van der Waals surface area contributed by atoms with Crippen LogP contribution in [0.3, 0.4) is 0 Å². The largest absolute Gasteiger partial charge is 0.497 e. The number of hydrogen-bond acceptors (Lipinski definition) is 4. The smallest absolute Gasteiger partial charge is 0.408 e. The maximum absolute atomic E-state index is 11.9. The number of fused-ring (bicyclic) bond motifs is 1. The molecule has 0 bridgehead atoms. The van der Waals surface area contributed by atoms with Gasteiger partial charge in [0, 0.05) is 30.6 Å². The first-order chi connectivity index (χ1) is 11.6. The molecule has 136 valence electrons. The van der Waals surface area contributed by atoms with Gasteiger partial charge in [-0.15, -0.1) is 0 Å². The number of amides is 1. The van der Waals surface area contributed by atoms with E-state index in [0.29, 0.717) is 5.75 Å². The predicted molar refractivity (Wildman–Crippen MR) is 94.0 cm³/mol. The normalized spacial score (nSPS) is 12.7. The van der Waals surface area contributed by atoms with Crippen LogP contribution in [0.15, 0.2) is 24.4 Å². The molecule has 1 heterocycles. The monoisotopic (exact) mass is 348 g/mol. The third kappa shape index (κ3) is 4.65. The second kappa shape index (κ2) is 7.04. The van der Waals surface area contributed by atoms with E-state index in [4.69, 9.17) is 9.47 Å². The molecule has 1 amide bonds. The molecule has 1 atom stereocenters. The van der Waals surface area contributed by atoms with Gasteiger partial charge < -0.3 is 24.5 Å². The van der Waals surface area contributed by atoms with Gasteiger partial charge in [-0.3, -0.25) is 0 Å². The number of carboxylic acid groups (broad SMARTS) is 1. The van der Waals surface area contributed by atoms with E-state index in [1.807, 2.05) is 36.0 Å². The molecule has 0 aliphatic heterocycles. The number of hydrogen-bond donors (Lipinski definition) is 2. The molecular weight excluding hydrogens is 324 g/mol. The predicted octanol–water partition coefficient (Wildman–Crippen LogP) is 2.71. The van der Waals surface area contributed by atoms with Crippen molar-refractivity contribution in [1.29, 1.82) is 0 Å². The molecule has 7 nitrogen and oxygen atoms in total. The molecule has 1 unspecified atom stereocenters. The summed E-state index contributed by atoms with van der Waals surface area (Å²) < 4.78 is 12.3. The van der Waals surface area contributed by atoms with Crippen molar-refractivity contribution < 1.29 is 24.2 Å². The van der Waals surface area contributed by atoms with Crippen LogP contribution in [0, 0.1) is 0 Å². The second-order valence-electron chi connectivity index (χ2n) is 6.89. The van der Waals surface area contributed by atoms with Crippen LogP contribution < -0.4 is 10.1 Å². The van der Waals surface area contributed by atoms with Crippen LogP contribution in [0.25, 0.3) is 10.9 Å². The summed E-state index contributed by atoms with van der Waals surface area (Å²) in [5, 5.41) is 12.8. The summed E-state index contributed by atoms with van der Waals surface area (Å²) >= 11 is 0. The number of carbonyl (C=O) groups excluding carboxylic acids is 1. The van der Waals surface area contributed by atoms with E-state index in [0.717, 1.165) is 16.5 Å². The van der Waals surface area contributed by atoms with Gasteiger partial charge in [0.1, 0.15) is 17.4 Å². The number of aryl methyl sites for hydroxylation is 1. The Morgan fingerprint density at radius 3 is 2.56 bits per heavy atom. The molecule has 2 rings (SSSR count). The molecule has 0 spiro atoms. The fourth-order valence-corrected chi connectivity index (χ4v) is 2.61. The fourth-order valence-electron chi connectivity index (χ4n) is 2.61. The van der Waals surface area contributed by atoms with Crippen molar-refractivity contribution in [2.24, 2.45) is 7.05 Å². The van der Waals surface area contributed by atoms with E-state index in [1.165, 1.54) is 0 Å². The first kappa shape index (κ1) is 18.6. The zero-order chi connectivity index (χ0) is 18.8. The number of aliphatic carboxylic acids is 1. The minimum absolute atomic E-state index is 0.138. The zero-order valence-corrected chi connectivity index (χ0v) is 15.1. The van der Waals surface area contributed by atoms with Gasteiger partial charge in [0.2, 0.25) is 0 Å². The van der Waals surface area contributed by atoms with Crippen LogP contribution in [-0.2, 0) is 23.0 Å². The molecule has 7 heteroatoms. The Labute approximate surface area is 146 Å². The van der Waals surface area contributed by atoms with E-state index in [-0.39, 0.29) is 6.42 Å². The number of carboxylic acids is 1.